The Balaban J connectivity index is 1.85. The quantitative estimate of drug-likeness (QED) is 0.838. The molecule has 2 fully saturated rings. The zero-order valence-corrected chi connectivity index (χ0v) is 9.65. The third kappa shape index (κ3) is 1.92. The summed E-state index contributed by atoms with van der Waals surface area (Å²) in [4.78, 5) is 6.95. The van der Waals surface area contributed by atoms with Crippen LogP contribution in [0.25, 0.3) is 0 Å². The molecule has 2 N–H and O–H groups in total. The van der Waals surface area contributed by atoms with Gasteiger partial charge in [-0.3, -0.25) is 0 Å². The standard InChI is InChI=1S/C13H19N3/c14-13(5-6-13)10-11-4-3-7-15-12(11)16-8-1-2-9-16/h3-4,7H,1-2,5-6,8-10,14H2. The van der Waals surface area contributed by atoms with E-state index in [9.17, 15) is 0 Å². The molecule has 1 aliphatic heterocycles. The number of anilines is 1. The van der Waals surface area contributed by atoms with Crippen LogP contribution in [0.5, 0.6) is 0 Å². The van der Waals surface area contributed by atoms with Crippen molar-refractivity contribution < 1.29 is 0 Å². The summed E-state index contributed by atoms with van der Waals surface area (Å²) >= 11 is 0. The van der Waals surface area contributed by atoms with Gasteiger partial charge in [0.05, 0.1) is 0 Å². The molecule has 1 aromatic heterocycles. The summed E-state index contributed by atoms with van der Waals surface area (Å²) in [5.41, 5.74) is 7.62. The highest BCUT2D eigenvalue weighted by Crippen LogP contribution is 2.37. The Morgan fingerprint density at radius 1 is 1.31 bits per heavy atom. The number of nitrogens with zero attached hydrogens (tertiary/aromatic N) is 2. The molecule has 0 amide bonds. The van der Waals surface area contributed by atoms with Crippen LogP contribution < -0.4 is 10.6 Å². The minimum atomic E-state index is 0.0809. The molecule has 0 aromatic carbocycles. The number of pyridine rings is 1. The molecule has 2 heterocycles. The van der Waals surface area contributed by atoms with E-state index in [0.717, 1.165) is 19.5 Å². The summed E-state index contributed by atoms with van der Waals surface area (Å²) in [6, 6.07) is 4.22. The minimum Gasteiger partial charge on any atom is -0.356 e. The van der Waals surface area contributed by atoms with Crippen molar-refractivity contribution in [3.63, 3.8) is 0 Å². The first-order valence-electron chi connectivity index (χ1n) is 6.25. The molecule has 0 atom stereocenters. The van der Waals surface area contributed by atoms with Crippen LogP contribution in [0.1, 0.15) is 31.2 Å². The zero-order chi connectivity index (χ0) is 11.0. The molecule has 2 aliphatic rings. The molecule has 0 bridgehead atoms. The van der Waals surface area contributed by atoms with Gasteiger partial charge in [0, 0.05) is 24.8 Å². The van der Waals surface area contributed by atoms with E-state index in [1.54, 1.807) is 0 Å². The lowest BCUT2D eigenvalue weighted by molar-refractivity contribution is 0.668. The van der Waals surface area contributed by atoms with E-state index in [4.69, 9.17) is 5.73 Å². The average molecular weight is 217 g/mol. The first kappa shape index (κ1) is 10.1. The summed E-state index contributed by atoms with van der Waals surface area (Å²) in [6.45, 7) is 2.31. The van der Waals surface area contributed by atoms with Crippen molar-refractivity contribution in [1.82, 2.24) is 4.98 Å². The van der Waals surface area contributed by atoms with Crippen molar-refractivity contribution in [3.05, 3.63) is 23.9 Å². The molecule has 86 valence electrons. The van der Waals surface area contributed by atoms with Crippen LogP contribution in [0.2, 0.25) is 0 Å². The van der Waals surface area contributed by atoms with Crippen molar-refractivity contribution in [2.24, 2.45) is 5.73 Å². The molecule has 1 aliphatic carbocycles. The van der Waals surface area contributed by atoms with Gasteiger partial charge in [-0.05, 0) is 43.7 Å². The van der Waals surface area contributed by atoms with Crippen LogP contribution in [0.4, 0.5) is 5.82 Å². The molecular weight excluding hydrogens is 198 g/mol. The maximum atomic E-state index is 6.20. The SMILES string of the molecule is NC1(Cc2cccnc2N2CCCC2)CC1. The van der Waals surface area contributed by atoms with Gasteiger partial charge >= 0.3 is 0 Å². The first-order chi connectivity index (χ1) is 7.77. The van der Waals surface area contributed by atoms with Gasteiger partial charge in [-0.1, -0.05) is 6.07 Å². The smallest absolute Gasteiger partial charge is 0.131 e. The van der Waals surface area contributed by atoms with Crippen LogP contribution in [0.3, 0.4) is 0 Å². The second-order valence-electron chi connectivity index (χ2n) is 5.22. The lowest BCUT2D eigenvalue weighted by atomic mass is 10.1. The van der Waals surface area contributed by atoms with Crippen LogP contribution in [-0.2, 0) is 6.42 Å². The number of rotatable bonds is 3. The van der Waals surface area contributed by atoms with Crippen LogP contribution in [0, 0.1) is 0 Å². The lowest BCUT2D eigenvalue weighted by Gasteiger charge is -2.21. The van der Waals surface area contributed by atoms with Gasteiger partial charge in [-0.15, -0.1) is 0 Å². The van der Waals surface area contributed by atoms with Crippen molar-refractivity contribution in [1.29, 1.82) is 0 Å². The molecule has 0 spiro atoms. The van der Waals surface area contributed by atoms with E-state index in [-0.39, 0.29) is 5.54 Å². The second kappa shape index (κ2) is 3.74. The van der Waals surface area contributed by atoms with Crippen LogP contribution >= 0.6 is 0 Å². The average Bonchev–Trinajstić information content (AvgIpc) is 2.83. The van der Waals surface area contributed by atoms with Crippen LogP contribution in [-0.4, -0.2) is 23.6 Å². The monoisotopic (exact) mass is 217 g/mol. The third-order valence-corrected chi connectivity index (χ3v) is 3.71. The molecule has 3 nitrogen and oxygen atoms in total. The van der Waals surface area contributed by atoms with Gasteiger partial charge in [0.2, 0.25) is 0 Å². The van der Waals surface area contributed by atoms with Gasteiger partial charge in [0.25, 0.3) is 0 Å². The molecule has 0 unspecified atom stereocenters. The highest BCUT2D eigenvalue weighted by molar-refractivity contribution is 5.48. The van der Waals surface area contributed by atoms with Crippen molar-refractivity contribution in [3.8, 4) is 0 Å². The second-order valence-corrected chi connectivity index (χ2v) is 5.22. The normalized spacial score (nSPS) is 22.4. The molecule has 3 heteroatoms. The third-order valence-electron chi connectivity index (χ3n) is 3.71. The minimum absolute atomic E-state index is 0.0809. The Morgan fingerprint density at radius 2 is 2.06 bits per heavy atom. The molecule has 16 heavy (non-hydrogen) atoms. The maximum Gasteiger partial charge on any atom is 0.131 e. The van der Waals surface area contributed by atoms with E-state index < -0.39 is 0 Å². The van der Waals surface area contributed by atoms with E-state index in [2.05, 4.69) is 16.0 Å². The predicted molar refractivity (Wildman–Crippen MR) is 65.5 cm³/mol. The Morgan fingerprint density at radius 3 is 2.75 bits per heavy atom. The number of nitrogens with two attached hydrogens (primary N) is 1. The van der Waals surface area contributed by atoms with Gasteiger partial charge in [0.1, 0.15) is 5.82 Å². The molecule has 1 saturated heterocycles. The Bertz CT molecular complexity index is 379. The molecule has 0 radical (unpaired) electrons. The fourth-order valence-corrected chi connectivity index (χ4v) is 2.50. The lowest BCUT2D eigenvalue weighted by Crippen LogP contribution is -2.27. The van der Waals surface area contributed by atoms with Crippen molar-refractivity contribution in [2.45, 2.75) is 37.6 Å². The summed E-state index contributed by atoms with van der Waals surface area (Å²) in [6.07, 6.45) is 7.82. The Labute approximate surface area is 96.7 Å². The molecule has 3 rings (SSSR count). The van der Waals surface area contributed by atoms with Gasteiger partial charge in [-0.2, -0.15) is 0 Å². The first-order valence-corrected chi connectivity index (χ1v) is 6.25. The Kier molecular flexibility index (Phi) is 2.36. The van der Waals surface area contributed by atoms with E-state index >= 15 is 0 Å². The topological polar surface area (TPSA) is 42.1 Å². The molecular formula is C13H19N3. The van der Waals surface area contributed by atoms with Crippen molar-refractivity contribution in [2.75, 3.05) is 18.0 Å². The predicted octanol–water partition coefficient (Wildman–Crippen LogP) is 1.72. The highest BCUT2D eigenvalue weighted by Gasteiger charge is 2.39. The fraction of sp³-hybridized carbons (Fsp3) is 0.615. The zero-order valence-electron chi connectivity index (χ0n) is 9.65. The number of hydrogen-bond acceptors (Lipinski definition) is 3. The van der Waals surface area contributed by atoms with E-state index in [0.29, 0.717) is 0 Å². The van der Waals surface area contributed by atoms with Gasteiger partial charge < -0.3 is 10.6 Å². The van der Waals surface area contributed by atoms with E-state index in [1.165, 1.54) is 37.1 Å². The Hall–Kier alpha value is -1.09. The van der Waals surface area contributed by atoms with Crippen molar-refractivity contribution >= 4 is 5.82 Å². The van der Waals surface area contributed by atoms with Crippen LogP contribution in [0.15, 0.2) is 18.3 Å². The summed E-state index contributed by atoms with van der Waals surface area (Å²) in [5, 5.41) is 0. The fourth-order valence-electron chi connectivity index (χ4n) is 2.50. The number of aromatic nitrogens is 1. The summed E-state index contributed by atoms with van der Waals surface area (Å²) < 4.78 is 0. The summed E-state index contributed by atoms with van der Waals surface area (Å²) in [5.74, 6) is 1.18. The highest BCUT2D eigenvalue weighted by atomic mass is 15.2. The van der Waals surface area contributed by atoms with Gasteiger partial charge in [0.15, 0.2) is 0 Å². The molecule has 1 saturated carbocycles. The number of hydrogen-bond donors (Lipinski definition) is 1. The van der Waals surface area contributed by atoms with Gasteiger partial charge in [-0.25, -0.2) is 4.98 Å². The van der Waals surface area contributed by atoms with E-state index in [1.807, 2.05) is 12.3 Å². The maximum absolute atomic E-state index is 6.20. The largest absolute Gasteiger partial charge is 0.356 e. The molecule has 1 aromatic rings. The summed E-state index contributed by atoms with van der Waals surface area (Å²) in [7, 11) is 0.